The smallest absolute Gasteiger partial charge is 0.328 e. The third kappa shape index (κ3) is 3.75. The van der Waals surface area contributed by atoms with Gasteiger partial charge in [-0.1, -0.05) is 37.6 Å². The standard InChI is InChI=1S/C20H22ClN5O3S/c1-12(2)11-26-18(27)16-15(22-20(26)29)17(30-23-16)19(28)25-9-7-24(8-10-25)14-6-4-3-5-13(14)21/h3-6,12H,7-11H2,1-2H3,(H,22,29). The van der Waals surface area contributed by atoms with Crippen LogP contribution in [0.4, 0.5) is 5.69 Å². The number of benzene rings is 1. The van der Waals surface area contributed by atoms with Gasteiger partial charge in [-0.25, -0.2) is 4.79 Å². The van der Waals surface area contributed by atoms with E-state index in [1.807, 2.05) is 38.1 Å². The lowest BCUT2D eigenvalue weighted by atomic mass is 10.2. The number of nitrogens with zero attached hydrogens (tertiary/aromatic N) is 4. The van der Waals surface area contributed by atoms with Crippen molar-refractivity contribution in [3.8, 4) is 0 Å². The minimum absolute atomic E-state index is 0.135. The van der Waals surface area contributed by atoms with Crippen LogP contribution in [0.1, 0.15) is 23.5 Å². The van der Waals surface area contributed by atoms with E-state index in [2.05, 4.69) is 14.3 Å². The first-order valence-electron chi connectivity index (χ1n) is 9.78. The van der Waals surface area contributed by atoms with Crippen LogP contribution in [0.3, 0.4) is 0 Å². The second kappa shape index (κ2) is 8.23. The molecular formula is C20H22ClN5O3S. The van der Waals surface area contributed by atoms with E-state index >= 15 is 0 Å². The molecule has 0 spiro atoms. The Hall–Kier alpha value is -2.65. The third-order valence-corrected chi connectivity index (χ3v) is 6.27. The van der Waals surface area contributed by atoms with Crippen LogP contribution >= 0.6 is 23.1 Å². The molecule has 0 saturated carbocycles. The molecule has 1 saturated heterocycles. The maximum atomic E-state index is 13.1. The highest BCUT2D eigenvalue weighted by molar-refractivity contribution is 7.09. The Kier molecular flexibility index (Phi) is 5.66. The summed E-state index contributed by atoms with van der Waals surface area (Å²) in [7, 11) is 0. The molecule has 0 aliphatic carbocycles. The number of hydrogen-bond donors (Lipinski definition) is 1. The summed E-state index contributed by atoms with van der Waals surface area (Å²) in [5.41, 5.74) is 0.344. The number of aromatic nitrogens is 3. The first-order valence-corrected chi connectivity index (χ1v) is 10.9. The van der Waals surface area contributed by atoms with Crippen LogP contribution < -0.4 is 16.1 Å². The van der Waals surface area contributed by atoms with Crippen molar-refractivity contribution in [2.45, 2.75) is 20.4 Å². The molecule has 30 heavy (non-hydrogen) atoms. The van der Waals surface area contributed by atoms with Crippen molar-refractivity contribution in [2.24, 2.45) is 5.92 Å². The van der Waals surface area contributed by atoms with E-state index in [1.165, 1.54) is 0 Å². The topological polar surface area (TPSA) is 91.3 Å². The molecule has 8 nitrogen and oxygen atoms in total. The van der Waals surface area contributed by atoms with Crippen molar-refractivity contribution in [2.75, 3.05) is 31.1 Å². The van der Waals surface area contributed by atoms with Crippen molar-refractivity contribution in [1.29, 1.82) is 0 Å². The predicted molar refractivity (Wildman–Crippen MR) is 119 cm³/mol. The van der Waals surface area contributed by atoms with Gasteiger partial charge in [0.15, 0.2) is 5.52 Å². The van der Waals surface area contributed by atoms with Gasteiger partial charge in [0, 0.05) is 32.7 Å². The third-order valence-electron chi connectivity index (χ3n) is 5.12. The van der Waals surface area contributed by atoms with Crippen LogP contribution in [0.5, 0.6) is 0 Å². The molecule has 0 bridgehead atoms. The highest BCUT2D eigenvalue weighted by Gasteiger charge is 2.27. The molecular weight excluding hydrogens is 426 g/mol. The van der Waals surface area contributed by atoms with Gasteiger partial charge in [-0.15, -0.1) is 0 Å². The van der Waals surface area contributed by atoms with E-state index < -0.39 is 11.2 Å². The summed E-state index contributed by atoms with van der Waals surface area (Å²) in [4.78, 5) is 45.0. The Morgan fingerprint density at radius 1 is 1.20 bits per heavy atom. The lowest BCUT2D eigenvalue weighted by Crippen LogP contribution is -2.48. The molecule has 3 heterocycles. The molecule has 2 aromatic heterocycles. The monoisotopic (exact) mass is 447 g/mol. The lowest BCUT2D eigenvalue weighted by Gasteiger charge is -2.36. The molecule has 4 rings (SSSR count). The summed E-state index contributed by atoms with van der Waals surface area (Å²) >= 11 is 7.24. The molecule has 1 aromatic carbocycles. The second-order valence-corrected chi connectivity index (χ2v) is 8.89. The molecule has 3 aromatic rings. The SMILES string of the molecule is CC(C)Cn1c(=O)[nH]c2c(C(=O)N3CCN(c4ccccc4Cl)CC3)snc2c1=O. The highest BCUT2D eigenvalue weighted by atomic mass is 35.5. The molecule has 0 atom stereocenters. The summed E-state index contributed by atoms with van der Waals surface area (Å²) in [6.07, 6.45) is 0. The summed E-state index contributed by atoms with van der Waals surface area (Å²) in [6.45, 7) is 6.46. The number of hydrogen-bond acceptors (Lipinski definition) is 6. The first-order chi connectivity index (χ1) is 14.4. The van der Waals surface area contributed by atoms with Gasteiger partial charge in [0.2, 0.25) is 0 Å². The van der Waals surface area contributed by atoms with Gasteiger partial charge < -0.3 is 14.8 Å². The number of aromatic amines is 1. The van der Waals surface area contributed by atoms with Crippen LogP contribution in [-0.2, 0) is 6.54 Å². The van der Waals surface area contributed by atoms with Gasteiger partial charge in [0.1, 0.15) is 4.88 Å². The summed E-state index contributed by atoms with van der Waals surface area (Å²) < 4.78 is 5.32. The molecule has 1 aliphatic heterocycles. The van der Waals surface area contributed by atoms with Crippen molar-refractivity contribution in [3.05, 3.63) is 55.0 Å². The zero-order valence-electron chi connectivity index (χ0n) is 16.7. The zero-order valence-corrected chi connectivity index (χ0v) is 18.3. The minimum Gasteiger partial charge on any atom is -0.367 e. The Bertz CT molecular complexity index is 1210. The number of para-hydroxylation sites is 1. The quantitative estimate of drug-likeness (QED) is 0.663. The number of halogens is 1. The van der Waals surface area contributed by atoms with Gasteiger partial charge in [-0.3, -0.25) is 14.2 Å². The van der Waals surface area contributed by atoms with E-state index in [1.54, 1.807) is 4.90 Å². The molecule has 1 aliphatic rings. The number of carbonyl (C=O) groups is 1. The largest absolute Gasteiger partial charge is 0.367 e. The molecule has 0 unspecified atom stereocenters. The van der Waals surface area contributed by atoms with Crippen LogP contribution in [0.25, 0.3) is 11.0 Å². The van der Waals surface area contributed by atoms with Gasteiger partial charge in [0.05, 0.1) is 16.2 Å². The van der Waals surface area contributed by atoms with Gasteiger partial charge in [-0.2, -0.15) is 4.37 Å². The fourth-order valence-electron chi connectivity index (χ4n) is 3.63. The number of nitrogens with one attached hydrogen (secondary N) is 1. The van der Waals surface area contributed by atoms with Crippen molar-refractivity contribution < 1.29 is 4.79 Å². The molecule has 1 N–H and O–H groups in total. The number of anilines is 1. The number of rotatable bonds is 4. The maximum Gasteiger partial charge on any atom is 0.328 e. The molecule has 1 amide bonds. The summed E-state index contributed by atoms with van der Waals surface area (Å²) in [5, 5.41) is 0.681. The number of amides is 1. The number of piperazine rings is 1. The average Bonchev–Trinajstić information content (AvgIpc) is 3.15. The fraction of sp³-hybridized carbons (Fsp3) is 0.400. The van der Waals surface area contributed by atoms with Gasteiger partial charge in [0.25, 0.3) is 11.5 Å². The Balaban J connectivity index is 1.57. The van der Waals surface area contributed by atoms with E-state index in [0.717, 1.165) is 21.8 Å². The highest BCUT2D eigenvalue weighted by Crippen LogP contribution is 2.27. The second-order valence-electron chi connectivity index (χ2n) is 7.71. The number of carbonyl (C=O) groups excluding carboxylic acids is 1. The first kappa shape index (κ1) is 20.6. The lowest BCUT2D eigenvalue weighted by molar-refractivity contribution is 0.0753. The Morgan fingerprint density at radius 3 is 2.57 bits per heavy atom. The summed E-state index contributed by atoms with van der Waals surface area (Å²) in [6, 6.07) is 7.63. The maximum absolute atomic E-state index is 13.1. The Morgan fingerprint density at radius 2 is 1.90 bits per heavy atom. The molecule has 158 valence electrons. The van der Waals surface area contributed by atoms with E-state index in [-0.39, 0.29) is 22.9 Å². The van der Waals surface area contributed by atoms with Crippen molar-refractivity contribution >= 4 is 45.8 Å². The molecule has 10 heteroatoms. The van der Waals surface area contributed by atoms with E-state index in [0.29, 0.717) is 42.6 Å². The minimum atomic E-state index is -0.515. The number of H-pyrrole nitrogens is 1. The van der Waals surface area contributed by atoms with E-state index in [9.17, 15) is 14.4 Å². The van der Waals surface area contributed by atoms with Crippen LogP contribution in [0, 0.1) is 5.92 Å². The number of fused-ring (bicyclic) bond motifs is 1. The van der Waals surface area contributed by atoms with E-state index in [4.69, 9.17) is 11.6 Å². The zero-order chi connectivity index (χ0) is 21.4. The van der Waals surface area contributed by atoms with Gasteiger partial charge in [-0.05, 0) is 29.6 Å². The fourth-order valence-corrected chi connectivity index (χ4v) is 4.68. The van der Waals surface area contributed by atoms with Crippen LogP contribution in [-0.4, -0.2) is 50.9 Å². The van der Waals surface area contributed by atoms with Crippen LogP contribution in [0.2, 0.25) is 5.02 Å². The predicted octanol–water partition coefficient (Wildman–Crippen LogP) is 2.42. The van der Waals surface area contributed by atoms with Crippen molar-refractivity contribution in [3.63, 3.8) is 0 Å². The molecule has 0 radical (unpaired) electrons. The normalized spacial score (nSPS) is 14.7. The average molecular weight is 448 g/mol. The Labute approximate surface area is 181 Å². The van der Waals surface area contributed by atoms with Crippen molar-refractivity contribution in [1.82, 2.24) is 18.8 Å². The molecule has 1 fully saturated rings. The van der Waals surface area contributed by atoms with Crippen LogP contribution in [0.15, 0.2) is 33.9 Å². The summed E-state index contributed by atoms with van der Waals surface area (Å²) in [5.74, 6) is -0.0895. The van der Waals surface area contributed by atoms with Gasteiger partial charge >= 0.3 is 5.69 Å².